The van der Waals surface area contributed by atoms with Gasteiger partial charge in [-0.05, 0) is 45.4 Å². The van der Waals surface area contributed by atoms with Crippen molar-refractivity contribution in [3.8, 4) is 0 Å². The van der Waals surface area contributed by atoms with Gasteiger partial charge >= 0.3 is 6.03 Å². The van der Waals surface area contributed by atoms with Crippen LogP contribution in [0.5, 0.6) is 0 Å². The largest absolute Gasteiger partial charge is 0.389 e. The van der Waals surface area contributed by atoms with Crippen molar-refractivity contribution in [1.82, 2.24) is 19.6 Å². The van der Waals surface area contributed by atoms with Gasteiger partial charge in [0.05, 0.1) is 28.6 Å². The van der Waals surface area contributed by atoms with E-state index in [0.717, 1.165) is 36.5 Å². The summed E-state index contributed by atoms with van der Waals surface area (Å²) in [7, 11) is 0. The standard InChI is InChI=1S/C22H29ClFN5O2/c1-14-9-19-16(11-28(14)21(30)25-15-5-6-18(24)17(23)10-15)20-12-27(13-22(2,3)31)7-4-8-29(20)26-19/h5-6,10,14,31H,4,7-9,11-13H2,1-3H3,(H,25,30)/t14-/m1/s1. The molecule has 0 aliphatic carbocycles. The van der Waals surface area contributed by atoms with E-state index in [9.17, 15) is 14.3 Å². The molecule has 0 unspecified atom stereocenters. The van der Waals surface area contributed by atoms with Crippen LogP contribution in [0.3, 0.4) is 0 Å². The van der Waals surface area contributed by atoms with Crippen LogP contribution in [0, 0.1) is 5.82 Å². The lowest BCUT2D eigenvalue weighted by Gasteiger charge is -2.34. The van der Waals surface area contributed by atoms with Gasteiger partial charge in [-0.25, -0.2) is 9.18 Å². The van der Waals surface area contributed by atoms with Gasteiger partial charge in [-0.2, -0.15) is 5.10 Å². The Morgan fingerprint density at radius 3 is 2.84 bits per heavy atom. The highest BCUT2D eigenvalue weighted by Gasteiger charge is 2.33. The Bertz CT molecular complexity index is 987. The lowest BCUT2D eigenvalue weighted by atomic mass is 9.99. The minimum atomic E-state index is -0.772. The third-order valence-electron chi connectivity index (χ3n) is 5.86. The van der Waals surface area contributed by atoms with Crippen molar-refractivity contribution in [2.24, 2.45) is 0 Å². The summed E-state index contributed by atoms with van der Waals surface area (Å²) in [6.45, 7) is 9.12. The zero-order valence-corrected chi connectivity index (χ0v) is 18.9. The molecule has 31 heavy (non-hydrogen) atoms. The molecule has 7 nitrogen and oxygen atoms in total. The number of hydrogen-bond acceptors (Lipinski definition) is 4. The van der Waals surface area contributed by atoms with E-state index in [1.54, 1.807) is 4.90 Å². The molecule has 2 amide bonds. The number of β-amino-alcohol motifs (C(OH)–C–C–N with tert-alkyl or cyclic N) is 1. The molecule has 1 aromatic carbocycles. The molecule has 0 bridgehead atoms. The van der Waals surface area contributed by atoms with E-state index < -0.39 is 11.4 Å². The van der Waals surface area contributed by atoms with E-state index >= 15 is 0 Å². The second kappa shape index (κ2) is 8.41. The van der Waals surface area contributed by atoms with E-state index in [-0.39, 0.29) is 17.1 Å². The van der Waals surface area contributed by atoms with Gasteiger partial charge in [0.1, 0.15) is 5.82 Å². The molecule has 2 N–H and O–H groups in total. The molecule has 4 rings (SSSR count). The van der Waals surface area contributed by atoms with Crippen molar-refractivity contribution in [2.75, 3.05) is 18.4 Å². The van der Waals surface area contributed by atoms with Gasteiger partial charge in [0.15, 0.2) is 0 Å². The molecule has 9 heteroatoms. The van der Waals surface area contributed by atoms with Crippen LogP contribution in [0.1, 0.15) is 44.1 Å². The lowest BCUT2D eigenvalue weighted by molar-refractivity contribution is 0.0339. The predicted octanol–water partition coefficient (Wildman–Crippen LogP) is 3.63. The second-order valence-electron chi connectivity index (χ2n) is 9.21. The van der Waals surface area contributed by atoms with Crippen molar-refractivity contribution in [1.29, 1.82) is 0 Å². The molecule has 0 saturated heterocycles. The maximum absolute atomic E-state index is 13.4. The van der Waals surface area contributed by atoms with E-state index in [0.29, 0.717) is 31.7 Å². The number of aromatic nitrogens is 2. The number of benzene rings is 1. The average Bonchev–Trinajstić information content (AvgIpc) is 2.86. The molecule has 2 aromatic rings. The first-order valence-corrected chi connectivity index (χ1v) is 11.0. The Kier molecular flexibility index (Phi) is 5.98. The van der Waals surface area contributed by atoms with E-state index in [1.807, 2.05) is 20.8 Å². The summed E-state index contributed by atoms with van der Waals surface area (Å²) in [5.74, 6) is -0.520. The third kappa shape index (κ3) is 4.86. The number of rotatable bonds is 3. The number of nitrogens with zero attached hydrogens (tertiary/aromatic N) is 4. The third-order valence-corrected chi connectivity index (χ3v) is 6.15. The maximum atomic E-state index is 13.4. The lowest BCUT2D eigenvalue weighted by Crippen LogP contribution is -2.45. The van der Waals surface area contributed by atoms with Crippen LogP contribution < -0.4 is 5.32 Å². The van der Waals surface area contributed by atoms with Crippen LogP contribution in [0.2, 0.25) is 5.02 Å². The Hall–Kier alpha value is -2.16. The summed E-state index contributed by atoms with van der Waals surface area (Å²) in [4.78, 5) is 17.0. The van der Waals surface area contributed by atoms with Crippen LogP contribution in [0.4, 0.5) is 14.9 Å². The average molecular weight is 450 g/mol. The molecule has 3 heterocycles. The smallest absolute Gasteiger partial charge is 0.322 e. The number of carbonyl (C=O) groups is 1. The van der Waals surface area contributed by atoms with E-state index in [1.165, 1.54) is 18.2 Å². The number of aliphatic hydroxyl groups is 1. The summed E-state index contributed by atoms with van der Waals surface area (Å²) >= 11 is 5.84. The van der Waals surface area contributed by atoms with Crippen molar-refractivity contribution >= 4 is 23.3 Å². The maximum Gasteiger partial charge on any atom is 0.322 e. The molecule has 168 valence electrons. The van der Waals surface area contributed by atoms with Gasteiger partial charge in [-0.1, -0.05) is 11.6 Å². The normalized spacial score (nSPS) is 19.5. The Balaban J connectivity index is 1.54. The minimum Gasteiger partial charge on any atom is -0.389 e. The van der Waals surface area contributed by atoms with Crippen molar-refractivity contribution in [3.05, 3.63) is 46.0 Å². The van der Waals surface area contributed by atoms with Gasteiger partial charge in [0.25, 0.3) is 0 Å². The number of fused-ring (bicyclic) bond motifs is 3. The van der Waals surface area contributed by atoms with Gasteiger partial charge in [0, 0.05) is 49.9 Å². The number of anilines is 1. The molecule has 0 spiro atoms. The summed E-state index contributed by atoms with van der Waals surface area (Å²) in [6.07, 6.45) is 1.65. The summed E-state index contributed by atoms with van der Waals surface area (Å²) in [5, 5.41) is 17.9. The van der Waals surface area contributed by atoms with Gasteiger partial charge < -0.3 is 15.3 Å². The number of carbonyl (C=O) groups excluding carboxylic acids is 1. The molecule has 0 saturated carbocycles. The predicted molar refractivity (Wildman–Crippen MR) is 118 cm³/mol. The van der Waals surface area contributed by atoms with Crippen LogP contribution in [-0.4, -0.2) is 55.5 Å². The number of nitrogens with one attached hydrogen (secondary N) is 1. The molecular formula is C22H29ClFN5O2. The fourth-order valence-electron chi connectivity index (χ4n) is 4.47. The number of halogens is 2. The van der Waals surface area contributed by atoms with Crippen LogP contribution in [0.15, 0.2) is 18.2 Å². The molecular weight excluding hydrogens is 421 g/mol. The first-order chi connectivity index (χ1) is 14.6. The quantitative estimate of drug-likeness (QED) is 0.750. The highest BCUT2D eigenvalue weighted by Crippen LogP contribution is 2.29. The fraction of sp³-hybridized carbons (Fsp3) is 0.545. The molecule has 0 fully saturated rings. The monoisotopic (exact) mass is 449 g/mol. The van der Waals surface area contributed by atoms with E-state index in [4.69, 9.17) is 16.7 Å². The number of amides is 2. The Morgan fingerprint density at radius 2 is 2.13 bits per heavy atom. The van der Waals surface area contributed by atoms with Crippen LogP contribution in [-0.2, 0) is 26.1 Å². The molecule has 2 aliphatic rings. The first kappa shape index (κ1) is 22.0. The topological polar surface area (TPSA) is 73.6 Å². The molecule has 1 atom stereocenters. The van der Waals surface area contributed by atoms with Crippen molar-refractivity contribution < 1.29 is 14.3 Å². The Labute approximate surface area is 186 Å². The summed E-state index contributed by atoms with van der Waals surface area (Å²) < 4.78 is 15.5. The molecule has 1 aromatic heterocycles. The SMILES string of the molecule is C[C@@H]1Cc2nn3c(c2CN1C(=O)Nc1ccc(F)c(Cl)c1)CN(CC(C)(C)O)CCC3. The number of aryl methyl sites for hydroxylation is 1. The zero-order valence-electron chi connectivity index (χ0n) is 18.2. The van der Waals surface area contributed by atoms with Gasteiger partial charge in [-0.3, -0.25) is 9.58 Å². The van der Waals surface area contributed by atoms with Crippen molar-refractivity contribution in [2.45, 2.75) is 64.9 Å². The minimum absolute atomic E-state index is 0.0185. The summed E-state index contributed by atoms with van der Waals surface area (Å²) in [5.41, 5.74) is 2.94. The molecule has 2 aliphatic heterocycles. The van der Waals surface area contributed by atoms with Gasteiger partial charge in [-0.15, -0.1) is 0 Å². The van der Waals surface area contributed by atoms with Crippen molar-refractivity contribution in [3.63, 3.8) is 0 Å². The summed E-state index contributed by atoms with van der Waals surface area (Å²) in [6, 6.07) is 3.89. The second-order valence-corrected chi connectivity index (χ2v) is 9.62. The first-order valence-electron chi connectivity index (χ1n) is 10.7. The number of hydrogen-bond donors (Lipinski definition) is 2. The van der Waals surface area contributed by atoms with Crippen LogP contribution >= 0.6 is 11.6 Å². The highest BCUT2D eigenvalue weighted by atomic mass is 35.5. The van der Waals surface area contributed by atoms with Gasteiger partial charge in [0.2, 0.25) is 0 Å². The fourth-order valence-corrected chi connectivity index (χ4v) is 4.65. The van der Waals surface area contributed by atoms with E-state index in [2.05, 4.69) is 14.9 Å². The highest BCUT2D eigenvalue weighted by molar-refractivity contribution is 6.31. The number of urea groups is 1. The molecule has 0 radical (unpaired) electrons. The Morgan fingerprint density at radius 1 is 1.35 bits per heavy atom. The van der Waals surface area contributed by atoms with Crippen LogP contribution in [0.25, 0.3) is 0 Å². The zero-order chi connectivity index (χ0) is 22.3.